The largest absolute Gasteiger partial charge is 0.497 e. The Morgan fingerprint density at radius 3 is 2.17 bits per heavy atom. The van der Waals surface area contributed by atoms with Gasteiger partial charge in [-0.15, -0.1) is 0 Å². The number of hydrogen-bond acceptors (Lipinski definition) is 6. The number of ether oxygens (including phenoxy) is 1. The summed E-state index contributed by atoms with van der Waals surface area (Å²) in [4.78, 5) is 25.3. The number of carbonyl (C=O) groups is 2. The van der Waals surface area contributed by atoms with Crippen LogP contribution in [0.5, 0.6) is 5.75 Å². The third-order valence-corrected chi connectivity index (χ3v) is 8.20. The summed E-state index contributed by atoms with van der Waals surface area (Å²) in [6.45, 7) is 1.33. The number of para-hydroxylation sites is 1. The number of fused-ring (bicyclic) bond motifs is 1. The van der Waals surface area contributed by atoms with E-state index in [4.69, 9.17) is 4.74 Å². The van der Waals surface area contributed by atoms with Gasteiger partial charge in [0.15, 0.2) is 5.71 Å². The molecule has 0 unspecified atom stereocenters. The maximum absolute atomic E-state index is 13.8. The van der Waals surface area contributed by atoms with E-state index in [1.54, 1.807) is 67.8 Å². The van der Waals surface area contributed by atoms with Gasteiger partial charge in [0.2, 0.25) is 0 Å². The molecule has 0 radical (unpaired) electrons. The summed E-state index contributed by atoms with van der Waals surface area (Å²) in [7, 11) is -2.55. The molecule has 9 nitrogen and oxygen atoms in total. The summed E-state index contributed by atoms with van der Waals surface area (Å²) in [6, 6.07) is 27.6. The lowest BCUT2D eigenvalue weighted by atomic mass is 10.1. The van der Waals surface area contributed by atoms with E-state index in [-0.39, 0.29) is 10.6 Å². The van der Waals surface area contributed by atoms with Crippen LogP contribution in [-0.4, -0.2) is 39.6 Å². The van der Waals surface area contributed by atoms with Crippen molar-refractivity contribution < 1.29 is 22.7 Å². The molecule has 0 saturated carbocycles. The molecule has 0 bridgehead atoms. The molecule has 4 aromatic carbocycles. The number of amides is 2. The molecule has 0 spiro atoms. The van der Waals surface area contributed by atoms with Gasteiger partial charge < -0.3 is 10.1 Å². The van der Waals surface area contributed by atoms with E-state index in [1.165, 1.54) is 12.1 Å². The van der Waals surface area contributed by atoms with E-state index in [2.05, 4.69) is 15.8 Å². The standard InChI is InChI=1S/C30H26N4O5S/c1-20-7-13-23(14-8-20)34(19-28(35)32-33-29-26-5-3-4-6-27(26)31-30(29)36)40(37,38)25-17-11-22(12-18-25)21-9-15-24(39-2)16-10-21/h3-18H,19H2,1-2H3,(H,32,35)(H,31,33,36). The predicted molar refractivity (Wildman–Crippen MR) is 154 cm³/mol. The molecule has 5 rings (SSSR count). The van der Waals surface area contributed by atoms with Crippen molar-refractivity contribution in [3.63, 3.8) is 0 Å². The van der Waals surface area contributed by atoms with Gasteiger partial charge in [-0.1, -0.05) is 60.2 Å². The lowest BCUT2D eigenvalue weighted by Crippen LogP contribution is -2.40. The van der Waals surface area contributed by atoms with Crippen molar-refractivity contribution in [1.29, 1.82) is 0 Å². The van der Waals surface area contributed by atoms with E-state index in [0.717, 1.165) is 26.7 Å². The van der Waals surface area contributed by atoms with Crippen molar-refractivity contribution in [2.24, 2.45) is 5.10 Å². The normalized spacial score (nSPS) is 13.4. The van der Waals surface area contributed by atoms with Gasteiger partial charge in [0.1, 0.15) is 12.3 Å². The van der Waals surface area contributed by atoms with Crippen molar-refractivity contribution in [2.45, 2.75) is 11.8 Å². The van der Waals surface area contributed by atoms with Crippen molar-refractivity contribution in [3.05, 3.63) is 108 Å². The van der Waals surface area contributed by atoms with Gasteiger partial charge in [-0.25, -0.2) is 13.8 Å². The van der Waals surface area contributed by atoms with Crippen LogP contribution in [0.2, 0.25) is 0 Å². The number of rotatable bonds is 8. The third-order valence-electron chi connectivity index (χ3n) is 6.41. The second kappa shape index (κ2) is 11.0. The zero-order chi connectivity index (χ0) is 28.3. The smallest absolute Gasteiger partial charge is 0.276 e. The topological polar surface area (TPSA) is 117 Å². The maximum atomic E-state index is 13.8. The van der Waals surface area contributed by atoms with Crippen LogP contribution in [0.4, 0.5) is 11.4 Å². The Kier molecular flexibility index (Phi) is 7.35. The van der Waals surface area contributed by atoms with Gasteiger partial charge in [0.25, 0.3) is 21.8 Å². The lowest BCUT2D eigenvalue weighted by Gasteiger charge is -2.24. The molecule has 0 aliphatic carbocycles. The first-order valence-electron chi connectivity index (χ1n) is 12.4. The van der Waals surface area contributed by atoms with Crippen molar-refractivity contribution in [1.82, 2.24) is 5.43 Å². The van der Waals surface area contributed by atoms with Gasteiger partial charge in [0.05, 0.1) is 23.4 Å². The average Bonchev–Trinajstić information content (AvgIpc) is 3.30. The molecular weight excluding hydrogens is 528 g/mol. The number of hydrogen-bond donors (Lipinski definition) is 2. The summed E-state index contributed by atoms with van der Waals surface area (Å²) in [6.07, 6.45) is 0. The molecule has 0 saturated heterocycles. The lowest BCUT2D eigenvalue weighted by molar-refractivity contribution is -0.119. The van der Waals surface area contributed by atoms with Crippen LogP contribution in [-0.2, 0) is 19.6 Å². The van der Waals surface area contributed by atoms with Crippen LogP contribution < -0.4 is 19.8 Å². The highest BCUT2D eigenvalue weighted by atomic mass is 32.2. The first kappa shape index (κ1) is 26.6. The average molecular weight is 555 g/mol. The Hall–Kier alpha value is -4.96. The number of nitrogens with one attached hydrogen (secondary N) is 2. The monoisotopic (exact) mass is 554 g/mol. The fraction of sp³-hybridized carbons (Fsp3) is 0.100. The molecule has 4 aromatic rings. The molecule has 0 fully saturated rings. The zero-order valence-corrected chi connectivity index (χ0v) is 22.6. The highest BCUT2D eigenvalue weighted by Gasteiger charge is 2.29. The number of nitrogens with zero attached hydrogens (tertiary/aromatic N) is 2. The van der Waals surface area contributed by atoms with Crippen LogP contribution in [0, 0.1) is 6.92 Å². The minimum absolute atomic E-state index is 0.0218. The quantitative estimate of drug-likeness (QED) is 0.314. The van der Waals surface area contributed by atoms with E-state index < -0.39 is 28.4 Å². The number of carbonyl (C=O) groups excluding carboxylic acids is 2. The highest BCUT2D eigenvalue weighted by molar-refractivity contribution is 7.92. The number of aryl methyl sites for hydroxylation is 1. The van der Waals surface area contributed by atoms with E-state index in [0.29, 0.717) is 16.9 Å². The van der Waals surface area contributed by atoms with Crippen LogP contribution in [0.25, 0.3) is 11.1 Å². The Bertz CT molecular complexity index is 1700. The molecule has 202 valence electrons. The summed E-state index contributed by atoms with van der Waals surface area (Å²) in [5, 5.41) is 6.67. The minimum Gasteiger partial charge on any atom is -0.497 e. The first-order chi connectivity index (χ1) is 19.3. The second-order valence-electron chi connectivity index (χ2n) is 9.10. The molecule has 1 aliphatic heterocycles. The fourth-order valence-corrected chi connectivity index (χ4v) is 5.67. The summed E-state index contributed by atoms with van der Waals surface area (Å²) < 4.78 is 33.8. The predicted octanol–water partition coefficient (Wildman–Crippen LogP) is 4.34. The Balaban J connectivity index is 1.41. The Labute approximate surface area is 232 Å². The highest BCUT2D eigenvalue weighted by Crippen LogP contribution is 2.28. The van der Waals surface area contributed by atoms with E-state index in [1.807, 2.05) is 31.2 Å². The molecule has 40 heavy (non-hydrogen) atoms. The van der Waals surface area contributed by atoms with Crippen molar-refractivity contribution >= 4 is 38.9 Å². The molecule has 10 heteroatoms. The number of sulfonamides is 1. The van der Waals surface area contributed by atoms with Gasteiger partial charge in [-0.2, -0.15) is 5.10 Å². The fourth-order valence-electron chi connectivity index (χ4n) is 4.25. The molecule has 1 aliphatic rings. The number of methoxy groups -OCH3 is 1. The van der Waals surface area contributed by atoms with Crippen molar-refractivity contribution in [2.75, 3.05) is 23.3 Å². The SMILES string of the molecule is COc1ccc(-c2ccc(S(=O)(=O)N(CC(=O)NN=C3C(=O)Nc4ccccc43)c3ccc(C)cc3)cc2)cc1. The first-order valence-corrected chi connectivity index (χ1v) is 13.8. The Morgan fingerprint density at radius 1 is 0.900 bits per heavy atom. The summed E-state index contributed by atoms with van der Waals surface area (Å²) in [5.41, 5.74) is 6.50. The number of benzene rings is 4. The molecular formula is C30H26N4O5S. The molecule has 0 aromatic heterocycles. The van der Waals surface area contributed by atoms with Crippen LogP contribution in [0.1, 0.15) is 11.1 Å². The van der Waals surface area contributed by atoms with Gasteiger partial charge in [-0.05, 0) is 60.5 Å². The van der Waals surface area contributed by atoms with Crippen molar-refractivity contribution in [3.8, 4) is 16.9 Å². The van der Waals surface area contributed by atoms with Gasteiger partial charge in [-0.3, -0.25) is 13.9 Å². The number of hydrazone groups is 1. The van der Waals surface area contributed by atoms with Gasteiger partial charge in [0, 0.05) is 5.56 Å². The van der Waals surface area contributed by atoms with Crippen LogP contribution in [0.15, 0.2) is 107 Å². The number of anilines is 2. The molecule has 1 heterocycles. The maximum Gasteiger partial charge on any atom is 0.276 e. The molecule has 2 amide bonds. The van der Waals surface area contributed by atoms with Crippen LogP contribution in [0.3, 0.4) is 0 Å². The van der Waals surface area contributed by atoms with E-state index >= 15 is 0 Å². The van der Waals surface area contributed by atoms with E-state index in [9.17, 15) is 18.0 Å². The summed E-state index contributed by atoms with van der Waals surface area (Å²) in [5.74, 6) is -0.442. The minimum atomic E-state index is -4.14. The second-order valence-corrected chi connectivity index (χ2v) is 11.0. The molecule has 0 atom stereocenters. The zero-order valence-electron chi connectivity index (χ0n) is 21.8. The summed E-state index contributed by atoms with van der Waals surface area (Å²) >= 11 is 0. The van der Waals surface area contributed by atoms with Crippen LogP contribution >= 0.6 is 0 Å². The van der Waals surface area contributed by atoms with Gasteiger partial charge >= 0.3 is 0 Å². The third kappa shape index (κ3) is 5.43. The molecule has 2 N–H and O–H groups in total. The Morgan fingerprint density at radius 2 is 1.52 bits per heavy atom.